The first kappa shape index (κ1) is 21.0. The van der Waals surface area contributed by atoms with E-state index in [1.807, 2.05) is 0 Å². The van der Waals surface area contributed by atoms with Crippen LogP contribution in [0.4, 0.5) is 15.5 Å². The fourth-order valence-corrected chi connectivity index (χ4v) is 5.41. The van der Waals surface area contributed by atoms with Crippen molar-refractivity contribution in [1.29, 1.82) is 0 Å². The van der Waals surface area contributed by atoms with Gasteiger partial charge in [0, 0.05) is 17.5 Å². The molecule has 33 heavy (non-hydrogen) atoms. The Labute approximate surface area is 192 Å². The van der Waals surface area contributed by atoms with Gasteiger partial charge in [-0.25, -0.2) is 4.79 Å². The van der Waals surface area contributed by atoms with Crippen molar-refractivity contribution < 1.29 is 23.7 Å². The van der Waals surface area contributed by atoms with E-state index in [4.69, 9.17) is 9.15 Å². The molecular weight excluding hydrogens is 448 g/mol. The average molecular weight is 468 g/mol. The summed E-state index contributed by atoms with van der Waals surface area (Å²) < 4.78 is 11.0. The van der Waals surface area contributed by atoms with Crippen LogP contribution >= 0.6 is 11.3 Å². The first-order chi connectivity index (χ1) is 16.0. The van der Waals surface area contributed by atoms with Crippen molar-refractivity contribution in [3.63, 3.8) is 0 Å². The van der Waals surface area contributed by atoms with E-state index in [9.17, 15) is 19.7 Å². The zero-order valence-corrected chi connectivity index (χ0v) is 18.4. The molecule has 0 aliphatic carbocycles. The van der Waals surface area contributed by atoms with Crippen molar-refractivity contribution in [2.45, 2.75) is 26.1 Å². The van der Waals surface area contributed by atoms with Gasteiger partial charge in [-0.3, -0.25) is 14.9 Å². The normalized spacial score (nSPS) is 16.9. The molecular formula is C22H20N4O6S. The summed E-state index contributed by atoms with van der Waals surface area (Å²) in [6.45, 7) is 2.96. The Morgan fingerprint density at radius 1 is 1.30 bits per heavy atom. The van der Waals surface area contributed by atoms with Crippen molar-refractivity contribution in [3.8, 4) is 11.3 Å². The molecule has 4 heterocycles. The minimum Gasteiger partial charge on any atom is -0.457 e. The second kappa shape index (κ2) is 8.24. The molecule has 0 unspecified atom stereocenters. The van der Waals surface area contributed by atoms with E-state index in [1.54, 1.807) is 42.2 Å². The molecule has 5 rings (SSSR count). The first-order valence-electron chi connectivity index (χ1n) is 10.4. The summed E-state index contributed by atoms with van der Waals surface area (Å²) in [6, 6.07) is 9.67. The number of anilines is 1. The van der Waals surface area contributed by atoms with E-state index < -0.39 is 11.1 Å². The molecule has 0 fully saturated rings. The van der Waals surface area contributed by atoms with Crippen molar-refractivity contribution in [3.05, 3.63) is 68.3 Å². The van der Waals surface area contributed by atoms with Gasteiger partial charge in [0.2, 0.25) is 0 Å². The molecule has 0 radical (unpaired) electrons. The Hall–Kier alpha value is -3.86. The number of fused-ring (bicyclic) bond motifs is 3. The van der Waals surface area contributed by atoms with E-state index in [0.29, 0.717) is 53.8 Å². The number of furan rings is 1. The number of benzene rings is 1. The van der Waals surface area contributed by atoms with Gasteiger partial charge >= 0.3 is 6.09 Å². The van der Waals surface area contributed by atoms with E-state index >= 15 is 0 Å². The quantitative estimate of drug-likeness (QED) is 0.432. The molecule has 3 aromatic rings. The van der Waals surface area contributed by atoms with Crippen LogP contribution in [0.2, 0.25) is 0 Å². The third-order valence-electron chi connectivity index (χ3n) is 5.64. The van der Waals surface area contributed by atoms with Crippen molar-refractivity contribution in [1.82, 2.24) is 10.2 Å². The lowest BCUT2D eigenvalue weighted by atomic mass is 10.0. The Bertz CT molecular complexity index is 1270. The molecule has 1 atom stereocenters. The molecule has 0 bridgehead atoms. The lowest BCUT2D eigenvalue weighted by molar-refractivity contribution is -0.384. The molecule has 2 aliphatic heterocycles. The number of nitrogens with zero attached hydrogens (tertiary/aromatic N) is 2. The third-order valence-corrected chi connectivity index (χ3v) is 6.79. The smallest absolute Gasteiger partial charge is 0.410 e. The van der Waals surface area contributed by atoms with Gasteiger partial charge in [0.05, 0.1) is 29.2 Å². The second-order valence-corrected chi connectivity index (χ2v) is 8.71. The number of ether oxygens (including phenoxy) is 1. The minimum atomic E-state index is -0.622. The zero-order chi connectivity index (χ0) is 23.1. The number of nitro benzene ring substituents is 1. The molecule has 11 heteroatoms. The van der Waals surface area contributed by atoms with Crippen LogP contribution in [0.5, 0.6) is 0 Å². The van der Waals surface area contributed by atoms with Gasteiger partial charge in [0.25, 0.3) is 11.6 Å². The highest BCUT2D eigenvalue weighted by atomic mass is 32.1. The van der Waals surface area contributed by atoms with Crippen LogP contribution in [0.1, 0.15) is 39.6 Å². The maximum absolute atomic E-state index is 13.0. The number of carbonyl (C=O) groups excluding carboxylic acids is 2. The van der Waals surface area contributed by atoms with Crippen molar-refractivity contribution in [2.75, 3.05) is 18.5 Å². The molecule has 2 aromatic heterocycles. The summed E-state index contributed by atoms with van der Waals surface area (Å²) in [5.41, 5.74) is 1.85. The van der Waals surface area contributed by atoms with Gasteiger partial charge in [-0.2, -0.15) is 0 Å². The summed E-state index contributed by atoms with van der Waals surface area (Å²) in [5.74, 6) is 0.552. The van der Waals surface area contributed by atoms with Crippen LogP contribution in [0.3, 0.4) is 0 Å². The van der Waals surface area contributed by atoms with Gasteiger partial charge in [0.15, 0.2) is 6.17 Å². The number of rotatable bonds is 4. The summed E-state index contributed by atoms with van der Waals surface area (Å²) in [5, 5.41) is 18.3. The fourth-order valence-electron chi connectivity index (χ4n) is 4.12. The van der Waals surface area contributed by atoms with Crippen LogP contribution in [-0.4, -0.2) is 35.0 Å². The lowest BCUT2D eigenvalue weighted by Crippen LogP contribution is -2.39. The third kappa shape index (κ3) is 3.69. The van der Waals surface area contributed by atoms with Crippen LogP contribution in [-0.2, 0) is 17.7 Å². The number of amides is 2. The van der Waals surface area contributed by atoms with Crippen LogP contribution < -0.4 is 10.6 Å². The standard InChI is InChI=1S/C22H20N4O6S/c1-2-31-22(28)25-10-9-13-17(11-25)33-21-18(13)20(27)23-19(24-21)16-8-7-15(32-16)12-5-3-4-6-14(12)26(29)30/h3-8,19,24H,2,9-11H2,1H3,(H,23,27)/t19-/m1/s1. The molecule has 2 amide bonds. The molecule has 2 aliphatic rings. The van der Waals surface area contributed by atoms with Gasteiger partial charge in [0.1, 0.15) is 16.5 Å². The predicted molar refractivity (Wildman–Crippen MR) is 120 cm³/mol. The molecule has 170 valence electrons. The summed E-state index contributed by atoms with van der Waals surface area (Å²) in [7, 11) is 0. The largest absolute Gasteiger partial charge is 0.457 e. The number of carbonyl (C=O) groups is 2. The Kier molecular flexibility index (Phi) is 5.25. The number of hydrogen-bond acceptors (Lipinski definition) is 8. The number of thiophene rings is 1. The number of nitrogens with one attached hydrogen (secondary N) is 2. The molecule has 10 nitrogen and oxygen atoms in total. The summed E-state index contributed by atoms with van der Waals surface area (Å²) >= 11 is 1.44. The van der Waals surface area contributed by atoms with Crippen molar-refractivity contribution in [2.24, 2.45) is 0 Å². The minimum absolute atomic E-state index is 0.0570. The van der Waals surface area contributed by atoms with Crippen LogP contribution in [0, 0.1) is 10.1 Å². The first-order valence-corrected chi connectivity index (χ1v) is 11.2. The molecule has 0 saturated heterocycles. The summed E-state index contributed by atoms with van der Waals surface area (Å²) in [4.78, 5) is 38.5. The highest BCUT2D eigenvalue weighted by molar-refractivity contribution is 7.16. The molecule has 0 saturated carbocycles. The van der Waals surface area contributed by atoms with E-state index in [0.717, 1.165) is 10.4 Å². The topological polar surface area (TPSA) is 127 Å². The van der Waals surface area contributed by atoms with E-state index in [-0.39, 0.29) is 17.7 Å². The predicted octanol–water partition coefficient (Wildman–Crippen LogP) is 4.29. The van der Waals surface area contributed by atoms with E-state index in [2.05, 4.69) is 10.6 Å². The van der Waals surface area contributed by atoms with Crippen molar-refractivity contribution >= 4 is 34.0 Å². The number of hydrogen-bond donors (Lipinski definition) is 2. The number of para-hydroxylation sites is 1. The second-order valence-electron chi connectivity index (χ2n) is 7.61. The highest BCUT2D eigenvalue weighted by Gasteiger charge is 2.35. The molecule has 1 aromatic carbocycles. The van der Waals surface area contributed by atoms with Gasteiger partial charge in [-0.1, -0.05) is 12.1 Å². The van der Waals surface area contributed by atoms with Gasteiger partial charge < -0.3 is 24.7 Å². The van der Waals surface area contributed by atoms with Gasteiger partial charge in [-0.15, -0.1) is 11.3 Å². The SMILES string of the molecule is CCOC(=O)N1CCc2c(sc3c2C(=O)N[C@@H](c2ccc(-c4ccccc4[N+](=O)[O-])o2)N3)C1. The maximum atomic E-state index is 13.0. The average Bonchev–Trinajstić information content (AvgIpc) is 3.43. The Morgan fingerprint density at radius 3 is 2.91 bits per heavy atom. The fraction of sp³-hybridized carbons (Fsp3) is 0.273. The van der Waals surface area contributed by atoms with Gasteiger partial charge in [-0.05, 0) is 37.1 Å². The molecule has 0 spiro atoms. The van der Waals surface area contributed by atoms with Crippen LogP contribution in [0.15, 0.2) is 40.8 Å². The summed E-state index contributed by atoms with van der Waals surface area (Å²) in [6.07, 6.45) is -0.409. The van der Waals surface area contributed by atoms with Crippen LogP contribution in [0.25, 0.3) is 11.3 Å². The zero-order valence-electron chi connectivity index (χ0n) is 17.6. The van der Waals surface area contributed by atoms with E-state index in [1.165, 1.54) is 17.4 Å². The Balaban J connectivity index is 1.40. The Morgan fingerprint density at radius 2 is 2.12 bits per heavy atom. The number of nitro groups is 1. The molecule has 2 N–H and O–H groups in total. The maximum Gasteiger partial charge on any atom is 0.410 e. The highest BCUT2D eigenvalue weighted by Crippen LogP contribution is 2.41. The monoisotopic (exact) mass is 468 g/mol. The lowest BCUT2D eigenvalue weighted by Gasteiger charge is -2.27.